The van der Waals surface area contributed by atoms with Gasteiger partial charge < -0.3 is 14.6 Å². The van der Waals surface area contributed by atoms with E-state index in [0.717, 1.165) is 86.4 Å². The number of nitrogens with one attached hydrogen (secondary N) is 1. The topological polar surface area (TPSA) is 83.6 Å². The summed E-state index contributed by atoms with van der Waals surface area (Å²) in [4.78, 5) is 29.8. The molecule has 1 unspecified atom stereocenters. The van der Waals surface area contributed by atoms with Crippen LogP contribution >= 0.6 is 0 Å². The summed E-state index contributed by atoms with van der Waals surface area (Å²) in [7, 11) is 0. The fraction of sp³-hybridized carbons (Fsp3) is 0.625. The van der Waals surface area contributed by atoms with Crippen LogP contribution in [0.15, 0.2) is 10.6 Å². The van der Waals surface area contributed by atoms with Gasteiger partial charge in [0.2, 0.25) is 5.91 Å². The quantitative estimate of drug-likeness (QED) is 0.747. The molecule has 4 heterocycles. The van der Waals surface area contributed by atoms with Crippen LogP contribution in [0.5, 0.6) is 0 Å². The number of hydrogen-bond donors (Lipinski definition) is 1. The Balaban J connectivity index is 1.29. The first kappa shape index (κ1) is 21.2. The van der Waals surface area contributed by atoms with Crippen molar-refractivity contribution in [2.24, 2.45) is 0 Å². The normalized spacial score (nSPS) is 20.4. The van der Waals surface area contributed by atoms with Crippen molar-refractivity contribution < 1.29 is 14.0 Å². The number of aryl methyl sites for hydroxylation is 2. The molecule has 2 aliphatic heterocycles. The van der Waals surface area contributed by atoms with Gasteiger partial charge in [0, 0.05) is 49.4 Å². The Morgan fingerprint density at radius 3 is 2.78 bits per heavy atom. The van der Waals surface area contributed by atoms with Gasteiger partial charge in [0.15, 0.2) is 5.76 Å². The van der Waals surface area contributed by atoms with Crippen LogP contribution in [0.25, 0.3) is 11.3 Å². The minimum absolute atomic E-state index is 0.0113. The van der Waals surface area contributed by atoms with Crippen molar-refractivity contribution in [2.75, 3.05) is 32.7 Å². The molecule has 0 spiro atoms. The van der Waals surface area contributed by atoms with Gasteiger partial charge in [-0.25, -0.2) is 0 Å². The smallest absolute Gasteiger partial charge is 0.289 e. The van der Waals surface area contributed by atoms with E-state index in [2.05, 4.69) is 17.1 Å². The van der Waals surface area contributed by atoms with Crippen LogP contribution in [0, 0.1) is 6.92 Å². The molecule has 32 heavy (non-hydrogen) atoms. The van der Waals surface area contributed by atoms with Crippen LogP contribution in [0.4, 0.5) is 0 Å². The van der Waals surface area contributed by atoms with Gasteiger partial charge in [-0.15, -0.1) is 0 Å². The van der Waals surface area contributed by atoms with E-state index in [1.54, 1.807) is 4.68 Å². The minimum Gasteiger partial charge on any atom is -0.455 e. The molecule has 0 radical (unpaired) electrons. The number of nitrogens with zero attached hydrogens (tertiary/aromatic N) is 4. The monoisotopic (exact) mass is 439 g/mol. The minimum atomic E-state index is -0.0122. The second kappa shape index (κ2) is 8.73. The van der Waals surface area contributed by atoms with E-state index in [9.17, 15) is 9.59 Å². The van der Waals surface area contributed by atoms with Crippen LogP contribution in [-0.4, -0.2) is 70.2 Å². The van der Waals surface area contributed by atoms with Crippen molar-refractivity contribution in [1.82, 2.24) is 24.9 Å². The van der Waals surface area contributed by atoms with Crippen LogP contribution < -0.4 is 5.32 Å². The lowest BCUT2D eigenvalue weighted by Crippen LogP contribution is -2.41. The highest BCUT2D eigenvalue weighted by Crippen LogP contribution is 2.38. The lowest BCUT2D eigenvalue weighted by Gasteiger charge is -2.22. The van der Waals surface area contributed by atoms with Gasteiger partial charge in [-0.1, -0.05) is 6.92 Å². The zero-order valence-electron chi connectivity index (χ0n) is 19.2. The molecule has 1 N–H and O–H groups in total. The Kier molecular flexibility index (Phi) is 5.80. The van der Waals surface area contributed by atoms with Gasteiger partial charge in [-0.2, -0.15) is 5.10 Å². The molecular formula is C24H33N5O3. The van der Waals surface area contributed by atoms with Crippen molar-refractivity contribution in [2.45, 2.75) is 65.0 Å². The second-order valence-corrected chi connectivity index (χ2v) is 9.28. The van der Waals surface area contributed by atoms with Crippen LogP contribution in [0.3, 0.4) is 0 Å². The van der Waals surface area contributed by atoms with E-state index in [-0.39, 0.29) is 18.4 Å². The molecule has 1 aliphatic carbocycles. The van der Waals surface area contributed by atoms with Gasteiger partial charge in [0.05, 0.1) is 5.69 Å². The molecule has 1 atom stereocenters. The molecule has 2 fully saturated rings. The van der Waals surface area contributed by atoms with E-state index in [4.69, 9.17) is 9.52 Å². The SMILES string of the molecule is CCN1CCCC1CNC(=O)Cn1cc2c(n1)-c1c(oc(C(=O)N3CCCC3)c1C)CC2. The van der Waals surface area contributed by atoms with Crippen molar-refractivity contribution >= 4 is 11.8 Å². The Morgan fingerprint density at radius 1 is 1.19 bits per heavy atom. The van der Waals surface area contributed by atoms with E-state index in [1.807, 2.05) is 18.0 Å². The highest BCUT2D eigenvalue weighted by molar-refractivity contribution is 5.95. The van der Waals surface area contributed by atoms with Gasteiger partial charge in [-0.3, -0.25) is 19.2 Å². The molecule has 0 bridgehead atoms. The number of carbonyl (C=O) groups excluding carboxylic acids is 2. The summed E-state index contributed by atoms with van der Waals surface area (Å²) in [5.41, 5.74) is 3.78. The van der Waals surface area contributed by atoms with E-state index in [1.165, 1.54) is 6.42 Å². The molecule has 2 amide bonds. The molecule has 5 rings (SSSR count). The highest BCUT2D eigenvalue weighted by atomic mass is 16.4. The molecule has 0 saturated carbocycles. The van der Waals surface area contributed by atoms with Crippen LogP contribution in [-0.2, 0) is 24.2 Å². The zero-order valence-corrected chi connectivity index (χ0v) is 19.2. The standard InChI is InChI=1S/C24H33N5O3/c1-3-27-12-6-7-18(27)13-25-20(30)15-29-14-17-8-9-19-21(22(17)26-29)16(2)23(32-19)24(31)28-10-4-5-11-28/h14,18H,3-13,15H2,1-2H3,(H,25,30). The summed E-state index contributed by atoms with van der Waals surface area (Å²) in [5.74, 6) is 1.27. The third-order valence-electron chi connectivity index (χ3n) is 7.25. The first-order valence-electron chi connectivity index (χ1n) is 12.0. The number of aromatic nitrogens is 2. The maximum Gasteiger partial charge on any atom is 0.289 e. The Morgan fingerprint density at radius 2 is 2.00 bits per heavy atom. The van der Waals surface area contributed by atoms with Gasteiger partial charge >= 0.3 is 0 Å². The average Bonchev–Trinajstić information content (AvgIpc) is 3.57. The Bertz CT molecular complexity index is 1020. The van der Waals surface area contributed by atoms with E-state index in [0.29, 0.717) is 18.3 Å². The third kappa shape index (κ3) is 3.85. The number of furan rings is 1. The number of likely N-dealkylation sites (tertiary alicyclic amines) is 2. The van der Waals surface area contributed by atoms with Gasteiger partial charge in [0.25, 0.3) is 5.91 Å². The predicted molar refractivity (Wildman–Crippen MR) is 120 cm³/mol. The Hall–Kier alpha value is -2.61. The summed E-state index contributed by atoms with van der Waals surface area (Å²) in [6, 6.07) is 0.442. The molecule has 3 aliphatic rings. The molecule has 172 valence electrons. The highest BCUT2D eigenvalue weighted by Gasteiger charge is 2.32. The van der Waals surface area contributed by atoms with Gasteiger partial charge in [-0.05, 0) is 57.7 Å². The lowest BCUT2D eigenvalue weighted by molar-refractivity contribution is -0.122. The summed E-state index contributed by atoms with van der Waals surface area (Å²) in [6.07, 6.45) is 7.99. The summed E-state index contributed by atoms with van der Waals surface area (Å²) in [6.45, 7) is 8.78. The van der Waals surface area contributed by atoms with Crippen molar-refractivity contribution in [3.8, 4) is 11.3 Å². The summed E-state index contributed by atoms with van der Waals surface area (Å²) < 4.78 is 7.78. The molecule has 2 saturated heterocycles. The molecule has 0 aromatic carbocycles. The number of fused-ring (bicyclic) bond motifs is 3. The number of amides is 2. The molecule has 2 aromatic heterocycles. The lowest BCUT2D eigenvalue weighted by atomic mass is 9.93. The molecule has 2 aromatic rings. The molecular weight excluding hydrogens is 406 g/mol. The fourth-order valence-electron chi connectivity index (χ4n) is 5.49. The first-order valence-corrected chi connectivity index (χ1v) is 12.0. The number of hydrogen-bond acceptors (Lipinski definition) is 5. The number of carbonyl (C=O) groups is 2. The third-order valence-corrected chi connectivity index (χ3v) is 7.25. The van der Waals surface area contributed by atoms with Crippen LogP contribution in [0.1, 0.15) is 60.0 Å². The van der Waals surface area contributed by atoms with Crippen molar-refractivity contribution in [1.29, 1.82) is 0 Å². The van der Waals surface area contributed by atoms with Crippen LogP contribution in [0.2, 0.25) is 0 Å². The van der Waals surface area contributed by atoms with Gasteiger partial charge in [0.1, 0.15) is 12.3 Å². The number of rotatable bonds is 6. The average molecular weight is 440 g/mol. The largest absolute Gasteiger partial charge is 0.455 e. The number of likely N-dealkylation sites (N-methyl/N-ethyl adjacent to an activating group) is 1. The fourth-order valence-corrected chi connectivity index (χ4v) is 5.49. The zero-order chi connectivity index (χ0) is 22.2. The maximum absolute atomic E-state index is 12.9. The maximum atomic E-state index is 12.9. The second-order valence-electron chi connectivity index (χ2n) is 9.28. The summed E-state index contributed by atoms with van der Waals surface area (Å²) >= 11 is 0. The van der Waals surface area contributed by atoms with Crippen molar-refractivity contribution in [3.05, 3.63) is 28.8 Å². The van der Waals surface area contributed by atoms with E-state index < -0.39 is 0 Å². The predicted octanol–water partition coefficient (Wildman–Crippen LogP) is 2.39. The first-order chi connectivity index (χ1) is 15.5. The van der Waals surface area contributed by atoms with Crippen molar-refractivity contribution in [3.63, 3.8) is 0 Å². The summed E-state index contributed by atoms with van der Waals surface area (Å²) in [5, 5.41) is 7.82. The van der Waals surface area contributed by atoms with E-state index >= 15 is 0 Å². The molecule has 8 nitrogen and oxygen atoms in total. The Labute approximate surface area is 188 Å². The molecule has 8 heteroatoms.